The summed E-state index contributed by atoms with van der Waals surface area (Å²) in [5.74, 6) is 0. The van der Waals surface area contributed by atoms with Gasteiger partial charge >= 0.3 is 0 Å². The van der Waals surface area contributed by atoms with Crippen molar-refractivity contribution in [2.45, 2.75) is 40.2 Å². The van der Waals surface area contributed by atoms with Crippen LogP contribution in [0.25, 0.3) is 0 Å². The van der Waals surface area contributed by atoms with Gasteiger partial charge in [0.15, 0.2) is 0 Å². The molecule has 2 aliphatic rings. The van der Waals surface area contributed by atoms with E-state index in [0.29, 0.717) is 11.0 Å². The first-order chi connectivity index (χ1) is 9.76. The Balaban J connectivity index is 1.76. The van der Waals surface area contributed by atoms with Gasteiger partial charge in [0.1, 0.15) is 0 Å². The summed E-state index contributed by atoms with van der Waals surface area (Å²) in [6.45, 7) is 23.9. The topological polar surface area (TPSA) is 21.8 Å². The summed E-state index contributed by atoms with van der Waals surface area (Å²) in [4.78, 5) is 7.92. The zero-order valence-corrected chi connectivity index (χ0v) is 14.9. The number of rotatable bonds is 4. The van der Waals surface area contributed by atoms with E-state index in [1.54, 1.807) is 0 Å². The van der Waals surface area contributed by atoms with Crippen LogP contribution in [0.4, 0.5) is 0 Å². The van der Waals surface area contributed by atoms with Gasteiger partial charge in [0.2, 0.25) is 0 Å². The summed E-state index contributed by atoms with van der Waals surface area (Å²) in [6, 6.07) is 0. The lowest BCUT2D eigenvalue weighted by Gasteiger charge is -2.45. The van der Waals surface area contributed by atoms with Gasteiger partial charge in [-0.15, -0.1) is 0 Å². The first kappa shape index (κ1) is 17.2. The van der Waals surface area contributed by atoms with Crippen LogP contribution in [-0.4, -0.2) is 85.7 Å². The van der Waals surface area contributed by atoms with Gasteiger partial charge < -0.3 is 15.1 Å². The molecule has 0 amide bonds. The number of piperazine rings is 2. The van der Waals surface area contributed by atoms with E-state index in [9.17, 15) is 0 Å². The van der Waals surface area contributed by atoms with E-state index in [2.05, 4.69) is 54.6 Å². The van der Waals surface area contributed by atoms with E-state index in [0.717, 1.165) is 13.1 Å². The van der Waals surface area contributed by atoms with Crippen molar-refractivity contribution in [1.29, 1.82) is 0 Å². The second kappa shape index (κ2) is 6.95. The van der Waals surface area contributed by atoms with Crippen molar-refractivity contribution >= 4 is 0 Å². The lowest BCUT2D eigenvalue weighted by atomic mass is 9.91. The van der Waals surface area contributed by atoms with Crippen LogP contribution in [0, 0.1) is 5.41 Å². The van der Waals surface area contributed by atoms with Crippen LogP contribution in [-0.2, 0) is 0 Å². The van der Waals surface area contributed by atoms with Gasteiger partial charge in [0.05, 0.1) is 0 Å². The van der Waals surface area contributed by atoms with E-state index < -0.39 is 0 Å². The van der Waals surface area contributed by atoms with Crippen molar-refractivity contribution < 1.29 is 0 Å². The lowest BCUT2D eigenvalue weighted by Crippen LogP contribution is -2.56. The molecule has 0 radical (unpaired) electrons. The van der Waals surface area contributed by atoms with E-state index in [1.165, 1.54) is 52.4 Å². The Hall–Kier alpha value is -0.160. The Labute approximate surface area is 131 Å². The van der Waals surface area contributed by atoms with Gasteiger partial charge in [-0.3, -0.25) is 4.90 Å². The molecule has 2 saturated heterocycles. The molecule has 2 rings (SSSR count). The molecule has 2 aliphatic heterocycles. The Kier molecular flexibility index (Phi) is 5.69. The molecule has 0 aromatic heterocycles. The molecule has 4 nitrogen and oxygen atoms in total. The Morgan fingerprint density at radius 1 is 0.714 bits per heavy atom. The first-order valence-corrected chi connectivity index (χ1v) is 8.67. The summed E-state index contributed by atoms with van der Waals surface area (Å²) in [7, 11) is 0. The third-order valence-corrected chi connectivity index (χ3v) is 4.83. The van der Waals surface area contributed by atoms with Crippen LogP contribution in [0.15, 0.2) is 0 Å². The molecule has 0 aromatic carbocycles. The summed E-state index contributed by atoms with van der Waals surface area (Å²) in [5, 5.41) is 3.44. The predicted molar refractivity (Wildman–Crippen MR) is 90.9 cm³/mol. The van der Waals surface area contributed by atoms with Crippen molar-refractivity contribution in [3.63, 3.8) is 0 Å². The normalized spacial score (nSPS) is 24.4. The molecular weight excluding hydrogens is 260 g/mol. The SMILES string of the molecule is CC(C)(CN1CCNCC1)CN1CCN(C(C)(C)C)CC1. The fourth-order valence-corrected chi connectivity index (χ4v) is 3.71. The number of nitrogens with zero attached hydrogens (tertiary/aromatic N) is 3. The number of nitrogens with one attached hydrogen (secondary N) is 1. The van der Waals surface area contributed by atoms with E-state index in [4.69, 9.17) is 0 Å². The Bertz CT molecular complexity index is 307. The molecule has 21 heavy (non-hydrogen) atoms. The van der Waals surface area contributed by atoms with Crippen molar-refractivity contribution in [2.24, 2.45) is 5.41 Å². The minimum absolute atomic E-state index is 0.322. The molecule has 0 bridgehead atoms. The maximum atomic E-state index is 3.44. The summed E-state index contributed by atoms with van der Waals surface area (Å²) < 4.78 is 0. The first-order valence-electron chi connectivity index (χ1n) is 8.67. The average Bonchev–Trinajstić information content (AvgIpc) is 2.38. The van der Waals surface area contributed by atoms with E-state index in [1.807, 2.05) is 0 Å². The summed E-state index contributed by atoms with van der Waals surface area (Å²) >= 11 is 0. The quantitative estimate of drug-likeness (QED) is 0.845. The molecule has 1 N–H and O–H groups in total. The molecule has 4 heteroatoms. The lowest BCUT2D eigenvalue weighted by molar-refractivity contribution is 0.0366. The van der Waals surface area contributed by atoms with Crippen LogP contribution in [0.5, 0.6) is 0 Å². The highest BCUT2D eigenvalue weighted by Crippen LogP contribution is 2.22. The highest BCUT2D eigenvalue weighted by Gasteiger charge is 2.30. The van der Waals surface area contributed by atoms with Crippen molar-refractivity contribution in [2.75, 3.05) is 65.4 Å². The van der Waals surface area contributed by atoms with Crippen LogP contribution < -0.4 is 5.32 Å². The molecule has 0 unspecified atom stereocenters. The highest BCUT2D eigenvalue weighted by atomic mass is 15.3. The van der Waals surface area contributed by atoms with E-state index >= 15 is 0 Å². The molecular formula is C17H36N4. The summed E-state index contributed by atoms with van der Waals surface area (Å²) in [6.07, 6.45) is 0. The van der Waals surface area contributed by atoms with Gasteiger partial charge in [-0.05, 0) is 26.2 Å². The molecule has 0 spiro atoms. The largest absolute Gasteiger partial charge is 0.314 e. The Morgan fingerprint density at radius 3 is 1.67 bits per heavy atom. The molecule has 0 aromatic rings. The minimum Gasteiger partial charge on any atom is -0.314 e. The van der Waals surface area contributed by atoms with E-state index in [-0.39, 0.29) is 0 Å². The Morgan fingerprint density at radius 2 is 1.19 bits per heavy atom. The maximum Gasteiger partial charge on any atom is 0.0126 e. The zero-order chi connectivity index (χ0) is 15.5. The second-order valence-corrected chi connectivity index (χ2v) is 8.62. The smallest absolute Gasteiger partial charge is 0.0126 e. The minimum atomic E-state index is 0.322. The molecule has 0 atom stereocenters. The monoisotopic (exact) mass is 296 g/mol. The van der Waals surface area contributed by atoms with Gasteiger partial charge in [0.25, 0.3) is 0 Å². The average molecular weight is 297 g/mol. The van der Waals surface area contributed by atoms with Crippen LogP contribution >= 0.6 is 0 Å². The number of hydrogen-bond donors (Lipinski definition) is 1. The van der Waals surface area contributed by atoms with Crippen LogP contribution in [0.1, 0.15) is 34.6 Å². The van der Waals surface area contributed by atoms with Gasteiger partial charge in [0, 0.05) is 71.0 Å². The van der Waals surface area contributed by atoms with Crippen LogP contribution in [0.3, 0.4) is 0 Å². The van der Waals surface area contributed by atoms with Crippen molar-refractivity contribution in [3.05, 3.63) is 0 Å². The highest BCUT2D eigenvalue weighted by molar-refractivity contribution is 4.85. The van der Waals surface area contributed by atoms with Crippen molar-refractivity contribution in [3.8, 4) is 0 Å². The molecule has 0 aliphatic carbocycles. The standard InChI is InChI=1S/C17H36N4/c1-16(2,3)21-12-10-20(11-13-21)15-17(4,5)14-19-8-6-18-7-9-19/h18H,6-15H2,1-5H3. The fourth-order valence-electron chi connectivity index (χ4n) is 3.71. The van der Waals surface area contributed by atoms with Crippen LogP contribution in [0.2, 0.25) is 0 Å². The molecule has 0 saturated carbocycles. The fraction of sp³-hybridized carbons (Fsp3) is 1.00. The van der Waals surface area contributed by atoms with Gasteiger partial charge in [-0.1, -0.05) is 13.8 Å². The molecule has 2 fully saturated rings. The van der Waals surface area contributed by atoms with Gasteiger partial charge in [-0.25, -0.2) is 0 Å². The maximum absolute atomic E-state index is 3.44. The second-order valence-electron chi connectivity index (χ2n) is 8.62. The third kappa shape index (κ3) is 5.51. The molecule has 124 valence electrons. The predicted octanol–water partition coefficient (Wildman–Crippen LogP) is 1.33. The zero-order valence-electron chi connectivity index (χ0n) is 14.9. The number of hydrogen-bond acceptors (Lipinski definition) is 4. The van der Waals surface area contributed by atoms with Crippen molar-refractivity contribution in [1.82, 2.24) is 20.0 Å². The molecule has 2 heterocycles. The van der Waals surface area contributed by atoms with Gasteiger partial charge in [-0.2, -0.15) is 0 Å². The third-order valence-electron chi connectivity index (χ3n) is 4.83. The summed E-state index contributed by atoms with van der Waals surface area (Å²) in [5.41, 5.74) is 0.712.